The van der Waals surface area contributed by atoms with Gasteiger partial charge in [0.15, 0.2) is 0 Å². The summed E-state index contributed by atoms with van der Waals surface area (Å²) >= 11 is 0. The highest BCUT2D eigenvalue weighted by atomic mass is 16.5. The maximum absolute atomic E-state index is 12.0. The highest BCUT2D eigenvalue weighted by molar-refractivity contribution is 5.93. The standard InChI is InChI=1S/C15H17N5O2/c1-19-10-11(9-16-19)4-3-7-22-15(21)12-5-6-13-14(8-12)20(2)18-17-13/h5-6,8-10H,3-4,7H2,1-2H3. The lowest BCUT2D eigenvalue weighted by Gasteiger charge is -2.04. The van der Waals surface area contributed by atoms with E-state index in [9.17, 15) is 4.79 Å². The predicted molar refractivity (Wildman–Crippen MR) is 80.3 cm³/mol. The molecule has 0 radical (unpaired) electrons. The van der Waals surface area contributed by atoms with Crippen molar-refractivity contribution in [3.63, 3.8) is 0 Å². The summed E-state index contributed by atoms with van der Waals surface area (Å²) in [5.74, 6) is -0.325. The van der Waals surface area contributed by atoms with Crippen LogP contribution in [-0.2, 0) is 25.3 Å². The van der Waals surface area contributed by atoms with Crippen molar-refractivity contribution in [3.8, 4) is 0 Å². The van der Waals surface area contributed by atoms with E-state index in [1.807, 2.05) is 19.4 Å². The molecular formula is C15H17N5O2. The second-order valence-electron chi connectivity index (χ2n) is 5.18. The fourth-order valence-corrected chi connectivity index (χ4v) is 2.28. The minimum absolute atomic E-state index is 0.325. The van der Waals surface area contributed by atoms with E-state index in [0.717, 1.165) is 29.4 Å². The van der Waals surface area contributed by atoms with E-state index >= 15 is 0 Å². The van der Waals surface area contributed by atoms with Crippen LogP contribution in [0.15, 0.2) is 30.6 Å². The van der Waals surface area contributed by atoms with E-state index in [4.69, 9.17) is 4.74 Å². The maximum atomic E-state index is 12.0. The third kappa shape index (κ3) is 2.98. The van der Waals surface area contributed by atoms with Gasteiger partial charge in [0.1, 0.15) is 5.52 Å². The Morgan fingerprint density at radius 1 is 1.32 bits per heavy atom. The third-order valence-electron chi connectivity index (χ3n) is 3.45. The molecule has 114 valence electrons. The number of ether oxygens (including phenoxy) is 1. The molecule has 0 aliphatic heterocycles. The summed E-state index contributed by atoms with van der Waals surface area (Å²) in [5, 5.41) is 12.0. The van der Waals surface area contributed by atoms with Crippen molar-refractivity contribution in [2.45, 2.75) is 12.8 Å². The second-order valence-corrected chi connectivity index (χ2v) is 5.18. The number of hydrogen-bond acceptors (Lipinski definition) is 5. The third-order valence-corrected chi connectivity index (χ3v) is 3.45. The van der Waals surface area contributed by atoms with Gasteiger partial charge in [-0.2, -0.15) is 5.10 Å². The van der Waals surface area contributed by atoms with Crippen LogP contribution in [0.25, 0.3) is 11.0 Å². The van der Waals surface area contributed by atoms with E-state index in [0.29, 0.717) is 12.2 Å². The summed E-state index contributed by atoms with van der Waals surface area (Å²) in [7, 11) is 3.67. The average molecular weight is 299 g/mol. The number of nitrogens with zero attached hydrogens (tertiary/aromatic N) is 5. The molecule has 0 bridgehead atoms. The first-order chi connectivity index (χ1) is 10.6. The van der Waals surface area contributed by atoms with Crippen molar-refractivity contribution in [3.05, 3.63) is 41.7 Å². The predicted octanol–water partition coefficient (Wildman–Crippen LogP) is 1.49. The van der Waals surface area contributed by atoms with Crippen LogP contribution < -0.4 is 0 Å². The van der Waals surface area contributed by atoms with Crippen molar-refractivity contribution in [1.82, 2.24) is 24.8 Å². The van der Waals surface area contributed by atoms with Gasteiger partial charge in [-0.1, -0.05) is 5.21 Å². The van der Waals surface area contributed by atoms with Crippen LogP contribution in [-0.4, -0.2) is 37.4 Å². The number of hydrogen-bond donors (Lipinski definition) is 0. The highest BCUT2D eigenvalue weighted by Crippen LogP contribution is 2.13. The SMILES string of the molecule is Cn1cc(CCCOC(=O)c2ccc3nnn(C)c3c2)cn1. The highest BCUT2D eigenvalue weighted by Gasteiger charge is 2.10. The van der Waals surface area contributed by atoms with E-state index < -0.39 is 0 Å². The molecule has 0 spiro atoms. The molecule has 3 aromatic rings. The summed E-state index contributed by atoms with van der Waals surface area (Å²) in [6.07, 6.45) is 5.40. The Kier molecular flexibility index (Phi) is 3.86. The van der Waals surface area contributed by atoms with Crippen molar-refractivity contribution in [2.24, 2.45) is 14.1 Å². The Morgan fingerprint density at radius 2 is 2.18 bits per heavy atom. The summed E-state index contributed by atoms with van der Waals surface area (Å²) in [6, 6.07) is 5.23. The van der Waals surface area contributed by atoms with Gasteiger partial charge in [0, 0.05) is 20.3 Å². The first-order valence-electron chi connectivity index (χ1n) is 7.07. The Bertz CT molecular complexity index is 805. The smallest absolute Gasteiger partial charge is 0.338 e. The molecule has 0 fully saturated rings. The number of rotatable bonds is 5. The zero-order valence-electron chi connectivity index (χ0n) is 12.6. The molecule has 1 aromatic carbocycles. The minimum atomic E-state index is -0.325. The first-order valence-corrected chi connectivity index (χ1v) is 7.07. The summed E-state index contributed by atoms with van der Waals surface area (Å²) in [5.41, 5.74) is 3.22. The normalized spacial score (nSPS) is 11.0. The molecule has 0 saturated heterocycles. The molecule has 7 nitrogen and oxygen atoms in total. The Labute approximate surface area is 127 Å². The number of aromatic nitrogens is 5. The van der Waals surface area contributed by atoms with Crippen molar-refractivity contribution in [1.29, 1.82) is 0 Å². The molecule has 2 aromatic heterocycles. The lowest BCUT2D eigenvalue weighted by Crippen LogP contribution is -2.07. The molecule has 0 atom stereocenters. The largest absolute Gasteiger partial charge is 0.462 e. The van der Waals surface area contributed by atoms with Crippen LogP contribution in [0.4, 0.5) is 0 Å². The molecule has 0 unspecified atom stereocenters. The lowest BCUT2D eigenvalue weighted by atomic mass is 10.2. The van der Waals surface area contributed by atoms with Crippen LogP contribution in [0.2, 0.25) is 0 Å². The molecule has 7 heteroatoms. The van der Waals surface area contributed by atoms with E-state index in [2.05, 4.69) is 15.4 Å². The monoisotopic (exact) mass is 299 g/mol. The maximum Gasteiger partial charge on any atom is 0.338 e. The van der Waals surface area contributed by atoms with Crippen LogP contribution >= 0.6 is 0 Å². The van der Waals surface area contributed by atoms with Gasteiger partial charge >= 0.3 is 5.97 Å². The Hall–Kier alpha value is -2.70. The van der Waals surface area contributed by atoms with Crippen LogP contribution in [0.3, 0.4) is 0 Å². The zero-order valence-corrected chi connectivity index (χ0v) is 12.6. The quantitative estimate of drug-likeness (QED) is 0.527. The van der Waals surface area contributed by atoms with Crippen LogP contribution in [0.1, 0.15) is 22.3 Å². The lowest BCUT2D eigenvalue weighted by molar-refractivity contribution is 0.0501. The van der Waals surface area contributed by atoms with E-state index in [-0.39, 0.29) is 5.97 Å². The summed E-state index contributed by atoms with van der Waals surface area (Å²) < 4.78 is 8.70. The molecule has 0 amide bonds. The second kappa shape index (κ2) is 5.97. The molecule has 0 aliphatic carbocycles. The van der Waals surface area contributed by atoms with Crippen LogP contribution in [0.5, 0.6) is 0 Å². The van der Waals surface area contributed by atoms with Crippen molar-refractivity contribution in [2.75, 3.05) is 6.61 Å². The Balaban J connectivity index is 1.55. The van der Waals surface area contributed by atoms with E-state index in [1.54, 1.807) is 34.6 Å². The minimum Gasteiger partial charge on any atom is -0.462 e. The summed E-state index contributed by atoms with van der Waals surface area (Å²) in [4.78, 5) is 12.0. The molecule has 0 aliphatic rings. The van der Waals surface area contributed by atoms with Gasteiger partial charge < -0.3 is 4.74 Å². The van der Waals surface area contributed by atoms with Gasteiger partial charge in [-0.15, -0.1) is 5.10 Å². The summed E-state index contributed by atoms with van der Waals surface area (Å²) in [6.45, 7) is 0.384. The first kappa shape index (κ1) is 14.2. The number of benzene rings is 1. The fraction of sp³-hybridized carbons (Fsp3) is 0.333. The number of fused-ring (bicyclic) bond motifs is 1. The molecule has 22 heavy (non-hydrogen) atoms. The molecule has 0 saturated carbocycles. The fourth-order valence-electron chi connectivity index (χ4n) is 2.28. The molecular weight excluding hydrogens is 282 g/mol. The van der Waals surface area contributed by atoms with Gasteiger partial charge in [-0.05, 0) is 36.6 Å². The molecule has 0 N–H and O–H groups in total. The number of carbonyl (C=O) groups is 1. The topological polar surface area (TPSA) is 74.8 Å². The number of esters is 1. The zero-order chi connectivity index (χ0) is 15.5. The van der Waals surface area contributed by atoms with Crippen molar-refractivity contribution >= 4 is 17.0 Å². The van der Waals surface area contributed by atoms with Crippen LogP contribution in [0, 0.1) is 0 Å². The molecule has 3 rings (SSSR count). The molecule has 2 heterocycles. The number of aryl methyl sites for hydroxylation is 3. The van der Waals surface area contributed by atoms with Gasteiger partial charge in [0.05, 0.1) is 23.9 Å². The van der Waals surface area contributed by atoms with E-state index in [1.165, 1.54) is 0 Å². The van der Waals surface area contributed by atoms with Gasteiger partial charge in [-0.25, -0.2) is 9.48 Å². The van der Waals surface area contributed by atoms with Gasteiger partial charge in [0.25, 0.3) is 0 Å². The van der Waals surface area contributed by atoms with Gasteiger partial charge in [-0.3, -0.25) is 4.68 Å². The Morgan fingerprint density at radius 3 is 2.95 bits per heavy atom. The van der Waals surface area contributed by atoms with Crippen molar-refractivity contribution < 1.29 is 9.53 Å². The number of carbonyl (C=O) groups excluding carboxylic acids is 1. The average Bonchev–Trinajstić information content (AvgIpc) is 3.09. The van der Waals surface area contributed by atoms with Gasteiger partial charge in [0.2, 0.25) is 0 Å².